The molecule has 0 spiro atoms. The third-order valence-electron chi connectivity index (χ3n) is 1.81. The van der Waals surface area contributed by atoms with Crippen LogP contribution < -0.4 is 0 Å². The van der Waals surface area contributed by atoms with Crippen LogP contribution >= 0.6 is 26.8 Å². The average Bonchev–Trinajstić information content (AvgIpc) is 1.54. The average molecular weight is 340 g/mol. The third-order valence-corrected chi connectivity index (χ3v) is 26.5. The van der Waals surface area contributed by atoms with Crippen LogP contribution in [0.5, 0.6) is 0 Å². The van der Waals surface area contributed by atoms with E-state index in [1.165, 1.54) is 0 Å². The van der Waals surface area contributed by atoms with Gasteiger partial charge in [0.1, 0.15) is 0 Å². The molecule has 0 aliphatic heterocycles. The molecule has 0 aliphatic rings. The summed E-state index contributed by atoms with van der Waals surface area (Å²) in [5, 5.41) is 0. The Labute approximate surface area is 86.2 Å². The van der Waals surface area contributed by atoms with E-state index in [0.717, 1.165) is 0 Å². The molecule has 5 heteroatoms. The van der Waals surface area contributed by atoms with Crippen molar-refractivity contribution in [2.45, 2.75) is 30.5 Å². The summed E-state index contributed by atoms with van der Waals surface area (Å²) in [6.45, 7) is 8.86. The normalized spacial score (nSPS) is 16.1. The molecular weight excluding hydrogens is 325 g/mol. The van der Waals surface area contributed by atoms with Crippen LogP contribution in [0.25, 0.3) is 0 Å². The summed E-state index contributed by atoms with van der Waals surface area (Å²) < 4.78 is 0.481. The Morgan fingerprint density at radius 2 is 1.45 bits per heavy atom. The van der Waals surface area contributed by atoms with E-state index in [9.17, 15) is 0 Å². The van der Waals surface area contributed by atoms with E-state index in [1.54, 1.807) is 0 Å². The van der Waals surface area contributed by atoms with Gasteiger partial charge in [-0.3, -0.25) is 0 Å². The molecule has 1 atom stereocenters. The summed E-state index contributed by atoms with van der Waals surface area (Å²) in [5.41, 5.74) is 0. The Hall–Kier alpha value is 1.89. The van der Waals surface area contributed by atoms with Gasteiger partial charge >= 0.3 is 87.0 Å². The number of rotatable bonds is 3. The Balaban J connectivity index is 4.35. The van der Waals surface area contributed by atoms with Crippen molar-refractivity contribution >= 4 is 50.6 Å². The molecule has 0 radical (unpaired) electrons. The second-order valence-corrected chi connectivity index (χ2v) is 29.6. The molecule has 0 fully saturated rings. The maximum atomic E-state index is 6.06. The van der Waals surface area contributed by atoms with E-state index in [4.69, 9.17) is 26.8 Å². The van der Waals surface area contributed by atoms with E-state index < -0.39 is 23.8 Å². The van der Waals surface area contributed by atoms with Gasteiger partial charge in [0.2, 0.25) is 0 Å². The van der Waals surface area contributed by atoms with Crippen molar-refractivity contribution in [3.63, 3.8) is 0 Å². The zero-order valence-electron chi connectivity index (χ0n) is 7.37. The molecule has 0 rings (SSSR count). The van der Waals surface area contributed by atoms with Crippen LogP contribution in [0.4, 0.5) is 0 Å². The molecule has 0 aromatic rings. The summed E-state index contributed by atoms with van der Waals surface area (Å²) in [6, 6.07) is 0. The van der Waals surface area contributed by atoms with E-state index in [2.05, 4.69) is 26.9 Å². The number of hydrogen-bond acceptors (Lipinski definition) is 0. The van der Waals surface area contributed by atoms with E-state index in [-0.39, 0.29) is 0 Å². The monoisotopic (exact) mass is 340 g/mol. The number of hydrogen-bond donors (Lipinski definition) is 0. The fourth-order valence-corrected chi connectivity index (χ4v) is 32.7. The molecule has 0 nitrogen and oxygen atoms in total. The molecular formula is C6H15Cl3SiSn. The van der Waals surface area contributed by atoms with Crippen molar-refractivity contribution in [2.75, 3.05) is 0 Å². The molecule has 0 heterocycles. The van der Waals surface area contributed by atoms with Crippen LogP contribution in [0.2, 0.25) is 16.7 Å². The SMILES string of the molecule is CC(C)[CH]([SiH](C)C)[Sn]([Cl])([Cl])[Cl]. The van der Waals surface area contributed by atoms with Crippen molar-refractivity contribution in [1.29, 1.82) is 0 Å². The first-order chi connectivity index (χ1) is 4.76. The summed E-state index contributed by atoms with van der Waals surface area (Å²) in [4.78, 5) is 0. The molecule has 1 unspecified atom stereocenters. The molecule has 0 saturated carbocycles. The van der Waals surface area contributed by atoms with E-state index >= 15 is 0 Å². The number of halogens is 3. The maximum absolute atomic E-state index is 6.06. The van der Waals surface area contributed by atoms with Crippen molar-refractivity contribution < 1.29 is 0 Å². The standard InChI is InChI=1S/C6H15Si.3ClH.Sn/c1-6(2)5-7(3)4;;;;/h5-7H,1-4H3;3*1H;/q;;;;+3/p-3. The summed E-state index contributed by atoms with van der Waals surface area (Å²) in [7, 11) is 17.4. The third kappa shape index (κ3) is 4.60. The second kappa shape index (κ2) is 4.94. The Morgan fingerprint density at radius 1 is 1.09 bits per heavy atom. The van der Waals surface area contributed by atoms with Gasteiger partial charge in [-0.05, 0) is 0 Å². The zero-order valence-corrected chi connectivity index (χ0v) is 13.6. The van der Waals surface area contributed by atoms with Crippen molar-refractivity contribution in [1.82, 2.24) is 0 Å². The summed E-state index contributed by atoms with van der Waals surface area (Å²) in [5.74, 6) is 0.560. The van der Waals surface area contributed by atoms with Gasteiger partial charge in [0, 0.05) is 0 Å². The van der Waals surface area contributed by atoms with Crippen LogP contribution in [-0.4, -0.2) is 23.8 Å². The van der Waals surface area contributed by atoms with E-state index in [1.807, 2.05) is 0 Å². The van der Waals surface area contributed by atoms with Crippen LogP contribution in [0.15, 0.2) is 0 Å². The quantitative estimate of drug-likeness (QED) is 0.688. The first kappa shape index (κ1) is 12.9. The van der Waals surface area contributed by atoms with Crippen LogP contribution in [0, 0.1) is 5.92 Å². The minimum atomic E-state index is -3.14. The molecule has 0 aromatic carbocycles. The van der Waals surface area contributed by atoms with E-state index in [0.29, 0.717) is 9.48 Å². The molecule has 11 heavy (non-hydrogen) atoms. The molecule has 0 aromatic heterocycles. The van der Waals surface area contributed by atoms with Gasteiger partial charge in [-0.1, -0.05) is 0 Å². The molecule has 0 amide bonds. The Morgan fingerprint density at radius 3 is 1.45 bits per heavy atom. The van der Waals surface area contributed by atoms with Gasteiger partial charge in [0.15, 0.2) is 0 Å². The second-order valence-electron chi connectivity index (χ2n) is 3.56. The Kier molecular flexibility index (Phi) is 5.79. The van der Waals surface area contributed by atoms with Crippen molar-refractivity contribution in [2.24, 2.45) is 5.92 Å². The van der Waals surface area contributed by atoms with Gasteiger partial charge in [-0.15, -0.1) is 0 Å². The first-order valence-corrected chi connectivity index (χ1v) is 19.3. The molecule has 0 bridgehead atoms. The van der Waals surface area contributed by atoms with Crippen LogP contribution in [-0.2, 0) is 0 Å². The summed E-state index contributed by atoms with van der Waals surface area (Å²) in [6.07, 6.45) is 0. The topological polar surface area (TPSA) is 0 Å². The fraction of sp³-hybridized carbons (Fsp3) is 1.00. The summed E-state index contributed by atoms with van der Waals surface area (Å²) >= 11 is -3.14. The van der Waals surface area contributed by atoms with Crippen LogP contribution in [0.3, 0.4) is 0 Å². The zero-order chi connectivity index (χ0) is 9.23. The molecule has 0 saturated heterocycles. The minimum absolute atomic E-state index is 0.481. The van der Waals surface area contributed by atoms with Crippen LogP contribution in [0.1, 0.15) is 13.8 Å². The van der Waals surface area contributed by atoms with Gasteiger partial charge < -0.3 is 0 Å². The van der Waals surface area contributed by atoms with Gasteiger partial charge in [-0.2, -0.15) is 0 Å². The van der Waals surface area contributed by atoms with Gasteiger partial charge in [-0.25, -0.2) is 0 Å². The van der Waals surface area contributed by atoms with Crippen molar-refractivity contribution in [3.05, 3.63) is 0 Å². The first-order valence-electron chi connectivity index (χ1n) is 3.83. The molecule has 0 aliphatic carbocycles. The predicted octanol–water partition coefficient (Wildman–Crippen LogP) is 3.69. The van der Waals surface area contributed by atoms with Gasteiger partial charge in [0.05, 0.1) is 0 Å². The predicted molar refractivity (Wildman–Crippen MR) is 60.8 cm³/mol. The van der Waals surface area contributed by atoms with Gasteiger partial charge in [0.25, 0.3) is 0 Å². The molecule has 0 N–H and O–H groups in total. The molecule has 68 valence electrons. The fourth-order valence-electron chi connectivity index (χ4n) is 1.53. The van der Waals surface area contributed by atoms with Crippen molar-refractivity contribution in [3.8, 4) is 0 Å². The Bertz CT molecular complexity index is 113.